The van der Waals surface area contributed by atoms with Gasteiger partial charge in [-0.1, -0.05) is 18.2 Å². The van der Waals surface area contributed by atoms with E-state index < -0.39 is 0 Å². The molecule has 0 aliphatic carbocycles. The molecular weight excluding hydrogens is 232 g/mol. The SMILES string of the molecule is NC(N)=NN=Cc1cccc(/C=N/N=C(N)N)c1. The van der Waals surface area contributed by atoms with Crippen molar-refractivity contribution in [2.75, 3.05) is 0 Å². The molecule has 1 aromatic carbocycles. The molecule has 94 valence electrons. The van der Waals surface area contributed by atoms with E-state index in [4.69, 9.17) is 22.9 Å². The van der Waals surface area contributed by atoms with Gasteiger partial charge >= 0.3 is 0 Å². The minimum atomic E-state index is -0.100. The quantitative estimate of drug-likeness (QED) is 0.302. The predicted molar refractivity (Wildman–Crippen MR) is 73.2 cm³/mol. The highest BCUT2D eigenvalue weighted by atomic mass is 15.3. The molecule has 8 nitrogen and oxygen atoms in total. The predicted octanol–water partition coefficient (Wildman–Crippen LogP) is -1.10. The van der Waals surface area contributed by atoms with Crippen molar-refractivity contribution in [2.24, 2.45) is 43.3 Å². The van der Waals surface area contributed by atoms with E-state index in [1.807, 2.05) is 24.3 Å². The van der Waals surface area contributed by atoms with Crippen LogP contribution >= 0.6 is 0 Å². The maximum Gasteiger partial charge on any atom is 0.211 e. The zero-order valence-electron chi connectivity index (χ0n) is 9.56. The van der Waals surface area contributed by atoms with Gasteiger partial charge in [-0.3, -0.25) is 0 Å². The molecule has 0 aromatic heterocycles. The van der Waals surface area contributed by atoms with Crippen LogP contribution in [0, 0.1) is 0 Å². The van der Waals surface area contributed by atoms with Gasteiger partial charge in [-0.25, -0.2) is 0 Å². The van der Waals surface area contributed by atoms with Crippen molar-refractivity contribution in [1.82, 2.24) is 0 Å². The Labute approximate surface area is 104 Å². The molecule has 8 heteroatoms. The number of nitrogens with zero attached hydrogens (tertiary/aromatic N) is 4. The first-order valence-electron chi connectivity index (χ1n) is 4.92. The second-order valence-electron chi connectivity index (χ2n) is 3.21. The van der Waals surface area contributed by atoms with Crippen molar-refractivity contribution >= 4 is 24.3 Å². The Hall–Kier alpha value is -2.90. The van der Waals surface area contributed by atoms with E-state index in [0.29, 0.717) is 0 Å². The summed E-state index contributed by atoms with van der Waals surface area (Å²) < 4.78 is 0. The van der Waals surface area contributed by atoms with Gasteiger partial charge in [0.2, 0.25) is 11.9 Å². The van der Waals surface area contributed by atoms with Gasteiger partial charge in [0, 0.05) is 0 Å². The van der Waals surface area contributed by atoms with Crippen LogP contribution in [-0.4, -0.2) is 24.3 Å². The van der Waals surface area contributed by atoms with Gasteiger partial charge < -0.3 is 22.9 Å². The lowest BCUT2D eigenvalue weighted by Crippen LogP contribution is -2.21. The van der Waals surface area contributed by atoms with E-state index in [1.165, 1.54) is 12.4 Å². The average molecular weight is 246 g/mol. The molecule has 8 N–H and O–H groups in total. The van der Waals surface area contributed by atoms with E-state index in [9.17, 15) is 0 Å². The smallest absolute Gasteiger partial charge is 0.211 e. The number of hydrogen-bond donors (Lipinski definition) is 4. The molecule has 0 aliphatic rings. The Morgan fingerprint density at radius 3 is 1.67 bits per heavy atom. The third-order valence-corrected chi connectivity index (χ3v) is 1.67. The summed E-state index contributed by atoms with van der Waals surface area (Å²) in [6, 6.07) is 7.32. The first-order valence-corrected chi connectivity index (χ1v) is 4.92. The molecule has 0 saturated heterocycles. The molecule has 0 aliphatic heterocycles. The van der Waals surface area contributed by atoms with Gasteiger partial charge in [0.25, 0.3) is 0 Å². The highest BCUT2D eigenvalue weighted by Gasteiger charge is 1.90. The van der Waals surface area contributed by atoms with E-state index >= 15 is 0 Å². The van der Waals surface area contributed by atoms with E-state index in [2.05, 4.69) is 20.4 Å². The van der Waals surface area contributed by atoms with Crippen molar-refractivity contribution < 1.29 is 0 Å². The summed E-state index contributed by atoms with van der Waals surface area (Å²) in [7, 11) is 0. The summed E-state index contributed by atoms with van der Waals surface area (Å²) in [5, 5.41) is 14.4. The summed E-state index contributed by atoms with van der Waals surface area (Å²) in [5.41, 5.74) is 22.2. The zero-order valence-corrected chi connectivity index (χ0v) is 9.56. The number of rotatable bonds is 4. The maximum absolute atomic E-state index is 5.13. The highest BCUT2D eigenvalue weighted by molar-refractivity contribution is 5.87. The summed E-state index contributed by atoms with van der Waals surface area (Å²) >= 11 is 0. The Kier molecular flexibility index (Phi) is 4.85. The maximum atomic E-state index is 5.13. The Bertz CT molecular complexity index is 463. The number of guanidine groups is 2. The van der Waals surface area contributed by atoms with E-state index in [1.54, 1.807) is 0 Å². The van der Waals surface area contributed by atoms with Crippen molar-refractivity contribution in [3.8, 4) is 0 Å². The van der Waals surface area contributed by atoms with Gasteiger partial charge in [0.1, 0.15) is 0 Å². The van der Waals surface area contributed by atoms with Crippen LogP contribution in [-0.2, 0) is 0 Å². The molecule has 1 rings (SSSR count). The molecule has 0 fully saturated rings. The summed E-state index contributed by atoms with van der Waals surface area (Å²) in [4.78, 5) is 0. The minimum absolute atomic E-state index is 0.100. The summed E-state index contributed by atoms with van der Waals surface area (Å²) in [6.45, 7) is 0. The molecule has 0 heterocycles. The topological polar surface area (TPSA) is 154 Å². The third-order valence-electron chi connectivity index (χ3n) is 1.67. The molecule has 0 spiro atoms. The first kappa shape index (κ1) is 13.2. The Morgan fingerprint density at radius 2 is 1.28 bits per heavy atom. The second kappa shape index (κ2) is 6.63. The van der Waals surface area contributed by atoms with Crippen LogP contribution in [0.5, 0.6) is 0 Å². The van der Waals surface area contributed by atoms with Crippen LogP contribution in [0.2, 0.25) is 0 Å². The largest absolute Gasteiger partial charge is 0.369 e. The first-order chi connectivity index (χ1) is 8.58. The molecule has 0 unspecified atom stereocenters. The van der Waals surface area contributed by atoms with Crippen molar-refractivity contribution in [2.45, 2.75) is 0 Å². The van der Waals surface area contributed by atoms with Crippen LogP contribution in [0.1, 0.15) is 11.1 Å². The van der Waals surface area contributed by atoms with Gasteiger partial charge in [-0.05, 0) is 17.2 Å². The van der Waals surface area contributed by atoms with E-state index in [0.717, 1.165) is 11.1 Å². The monoisotopic (exact) mass is 246 g/mol. The molecule has 0 radical (unpaired) electrons. The lowest BCUT2D eigenvalue weighted by Gasteiger charge is -1.94. The summed E-state index contributed by atoms with van der Waals surface area (Å²) in [5.74, 6) is -0.201. The van der Waals surface area contributed by atoms with Crippen LogP contribution in [0.25, 0.3) is 0 Å². The average Bonchev–Trinajstić information content (AvgIpc) is 2.28. The molecule has 0 bridgehead atoms. The number of hydrogen-bond acceptors (Lipinski definition) is 4. The molecule has 0 saturated carbocycles. The molecule has 0 atom stereocenters. The standard InChI is InChI=1S/C10H14N8/c11-9(12)17-15-5-7-2-1-3-8(4-7)6-16-18-10(13)14/h1-6H,(H4,11,12,17)(H4,13,14,18)/b15-5+,16-6?. The zero-order chi connectivity index (χ0) is 13.4. The minimum Gasteiger partial charge on any atom is -0.369 e. The fourth-order valence-corrected chi connectivity index (χ4v) is 1.04. The van der Waals surface area contributed by atoms with E-state index in [-0.39, 0.29) is 11.9 Å². The lowest BCUT2D eigenvalue weighted by atomic mass is 10.1. The normalized spacial score (nSPS) is 10.7. The van der Waals surface area contributed by atoms with Gasteiger partial charge in [0.15, 0.2) is 0 Å². The van der Waals surface area contributed by atoms with Crippen LogP contribution in [0.3, 0.4) is 0 Å². The fourth-order valence-electron chi connectivity index (χ4n) is 1.04. The molecule has 1 aromatic rings. The second-order valence-corrected chi connectivity index (χ2v) is 3.21. The molecule has 18 heavy (non-hydrogen) atoms. The van der Waals surface area contributed by atoms with Crippen LogP contribution in [0.4, 0.5) is 0 Å². The van der Waals surface area contributed by atoms with Gasteiger partial charge in [-0.15, -0.1) is 10.2 Å². The van der Waals surface area contributed by atoms with Gasteiger partial charge in [0.05, 0.1) is 12.4 Å². The molecular formula is C10H14N8. The third kappa shape index (κ3) is 5.26. The number of benzene rings is 1. The van der Waals surface area contributed by atoms with Crippen molar-refractivity contribution in [1.29, 1.82) is 0 Å². The van der Waals surface area contributed by atoms with Crippen molar-refractivity contribution in [3.05, 3.63) is 35.4 Å². The van der Waals surface area contributed by atoms with Crippen LogP contribution < -0.4 is 22.9 Å². The van der Waals surface area contributed by atoms with Gasteiger partial charge in [-0.2, -0.15) is 10.2 Å². The lowest BCUT2D eigenvalue weighted by molar-refractivity contribution is 1.21. The Balaban J connectivity index is 2.80. The van der Waals surface area contributed by atoms with Crippen LogP contribution in [0.15, 0.2) is 44.7 Å². The highest BCUT2D eigenvalue weighted by Crippen LogP contribution is 2.01. The van der Waals surface area contributed by atoms with Crippen molar-refractivity contribution in [3.63, 3.8) is 0 Å². The fraction of sp³-hybridized carbons (Fsp3) is 0. The Morgan fingerprint density at radius 1 is 0.833 bits per heavy atom. The summed E-state index contributed by atoms with van der Waals surface area (Å²) in [6.07, 6.45) is 3.02. The molecule has 0 amide bonds. The number of nitrogens with two attached hydrogens (primary N) is 4.